The molecule has 2 amide bonds. The third-order valence-corrected chi connectivity index (χ3v) is 3.98. The summed E-state index contributed by atoms with van der Waals surface area (Å²) in [6.07, 6.45) is 1.19. The zero-order valence-electron chi connectivity index (χ0n) is 13.4. The summed E-state index contributed by atoms with van der Waals surface area (Å²) in [6.45, 7) is 7.94. The second-order valence-electron chi connectivity index (χ2n) is 6.26. The second kappa shape index (κ2) is 5.50. The quantitative estimate of drug-likeness (QED) is 0.903. The summed E-state index contributed by atoms with van der Waals surface area (Å²) in [5.41, 5.74) is 1.13. The van der Waals surface area contributed by atoms with Gasteiger partial charge in [0.15, 0.2) is 0 Å². The Hall–Kier alpha value is -1.85. The molecule has 1 aromatic heterocycles. The van der Waals surface area contributed by atoms with Gasteiger partial charge in [-0.2, -0.15) is 5.10 Å². The van der Waals surface area contributed by atoms with E-state index in [0.29, 0.717) is 13.0 Å². The lowest BCUT2D eigenvalue weighted by Gasteiger charge is -2.31. The first kappa shape index (κ1) is 15.5. The van der Waals surface area contributed by atoms with Crippen LogP contribution < -0.4 is 5.32 Å². The van der Waals surface area contributed by atoms with E-state index in [2.05, 4.69) is 17.3 Å². The molecule has 0 saturated carbocycles. The normalized spacial score (nSPS) is 22.1. The van der Waals surface area contributed by atoms with Crippen molar-refractivity contribution < 1.29 is 9.59 Å². The van der Waals surface area contributed by atoms with Crippen molar-refractivity contribution in [2.75, 3.05) is 0 Å². The molecule has 1 unspecified atom stereocenters. The maximum Gasteiger partial charge on any atom is 0.248 e. The van der Waals surface area contributed by atoms with Crippen molar-refractivity contribution in [3.05, 3.63) is 17.5 Å². The highest BCUT2D eigenvalue weighted by Gasteiger charge is 2.39. The minimum Gasteiger partial charge on any atom is -0.342 e. The van der Waals surface area contributed by atoms with Crippen LogP contribution in [-0.4, -0.2) is 38.1 Å². The maximum absolute atomic E-state index is 12.7. The van der Waals surface area contributed by atoms with Crippen LogP contribution in [-0.2, 0) is 29.6 Å². The van der Waals surface area contributed by atoms with Crippen LogP contribution in [0.4, 0.5) is 0 Å². The molecule has 1 aliphatic rings. The van der Waals surface area contributed by atoms with Crippen LogP contribution in [0, 0.1) is 0 Å². The molecule has 6 heteroatoms. The van der Waals surface area contributed by atoms with Gasteiger partial charge in [0, 0.05) is 19.5 Å². The molecule has 0 aromatic carbocycles. The van der Waals surface area contributed by atoms with Gasteiger partial charge in [0.1, 0.15) is 5.54 Å². The Labute approximate surface area is 125 Å². The van der Waals surface area contributed by atoms with E-state index in [1.54, 1.807) is 18.7 Å². The Kier molecular flexibility index (Phi) is 4.07. The molecule has 0 aliphatic carbocycles. The Morgan fingerprint density at radius 2 is 2.10 bits per heavy atom. The van der Waals surface area contributed by atoms with Crippen molar-refractivity contribution in [3.63, 3.8) is 0 Å². The third kappa shape index (κ3) is 3.09. The van der Waals surface area contributed by atoms with Crippen molar-refractivity contribution in [2.24, 2.45) is 7.05 Å². The minimum absolute atomic E-state index is 0.0555. The standard InChI is InChI=1S/C15H24N4O2/c1-6-11-8-12(18(5)17-11)9-19-10(2)7-13(20)16-15(3,4)14(19)21/h8,10H,6-7,9H2,1-5H3,(H,16,20). The average molecular weight is 292 g/mol. The lowest BCUT2D eigenvalue weighted by molar-refractivity contribution is -0.139. The molecule has 6 nitrogen and oxygen atoms in total. The third-order valence-electron chi connectivity index (χ3n) is 3.98. The number of hydrogen-bond acceptors (Lipinski definition) is 3. The fourth-order valence-corrected chi connectivity index (χ4v) is 2.69. The van der Waals surface area contributed by atoms with E-state index in [1.165, 1.54) is 0 Å². The van der Waals surface area contributed by atoms with E-state index in [9.17, 15) is 9.59 Å². The second-order valence-corrected chi connectivity index (χ2v) is 6.26. The summed E-state index contributed by atoms with van der Waals surface area (Å²) < 4.78 is 1.81. The van der Waals surface area contributed by atoms with Crippen LogP contribution in [0.1, 0.15) is 45.5 Å². The highest BCUT2D eigenvalue weighted by atomic mass is 16.2. The molecule has 0 radical (unpaired) electrons. The molecule has 0 spiro atoms. The number of nitrogens with one attached hydrogen (secondary N) is 1. The van der Waals surface area contributed by atoms with Gasteiger partial charge in [-0.1, -0.05) is 6.92 Å². The summed E-state index contributed by atoms with van der Waals surface area (Å²) in [7, 11) is 1.88. The number of carbonyl (C=O) groups is 2. The Balaban J connectivity index is 2.29. The first-order valence-electron chi connectivity index (χ1n) is 7.38. The lowest BCUT2D eigenvalue weighted by Crippen LogP contribution is -2.53. The molecule has 1 atom stereocenters. The van der Waals surface area contributed by atoms with E-state index in [0.717, 1.165) is 17.8 Å². The fourth-order valence-electron chi connectivity index (χ4n) is 2.69. The molecule has 1 fully saturated rings. The average Bonchev–Trinajstić information content (AvgIpc) is 2.71. The number of rotatable bonds is 3. The predicted molar refractivity (Wildman–Crippen MR) is 79.4 cm³/mol. The van der Waals surface area contributed by atoms with Gasteiger partial charge in [0.05, 0.1) is 17.9 Å². The van der Waals surface area contributed by atoms with E-state index in [-0.39, 0.29) is 17.9 Å². The van der Waals surface area contributed by atoms with Crippen LogP contribution in [0.3, 0.4) is 0 Å². The number of amides is 2. The van der Waals surface area contributed by atoms with Crippen LogP contribution in [0.5, 0.6) is 0 Å². The van der Waals surface area contributed by atoms with Crippen molar-refractivity contribution >= 4 is 11.8 Å². The molecule has 2 heterocycles. The topological polar surface area (TPSA) is 67.2 Å². The first-order chi connectivity index (χ1) is 9.74. The molecule has 1 N–H and O–H groups in total. The van der Waals surface area contributed by atoms with Gasteiger partial charge in [-0.3, -0.25) is 14.3 Å². The Morgan fingerprint density at radius 1 is 1.43 bits per heavy atom. The molecular formula is C15H24N4O2. The Bertz CT molecular complexity index is 562. The Morgan fingerprint density at radius 3 is 2.67 bits per heavy atom. The summed E-state index contributed by atoms with van der Waals surface area (Å²) in [6, 6.07) is 1.90. The van der Waals surface area contributed by atoms with Gasteiger partial charge in [-0.15, -0.1) is 0 Å². The lowest BCUT2D eigenvalue weighted by atomic mass is 10.0. The van der Waals surface area contributed by atoms with Crippen molar-refractivity contribution in [1.29, 1.82) is 0 Å². The monoisotopic (exact) mass is 292 g/mol. The zero-order valence-corrected chi connectivity index (χ0v) is 13.4. The van der Waals surface area contributed by atoms with Gasteiger partial charge in [0.25, 0.3) is 0 Å². The fraction of sp³-hybridized carbons (Fsp3) is 0.667. The maximum atomic E-state index is 12.7. The van der Waals surface area contributed by atoms with E-state index < -0.39 is 5.54 Å². The SMILES string of the molecule is CCc1cc(CN2C(=O)C(C)(C)NC(=O)CC2C)n(C)n1. The smallest absolute Gasteiger partial charge is 0.248 e. The summed E-state index contributed by atoms with van der Waals surface area (Å²) in [5, 5.41) is 7.21. The molecule has 0 bridgehead atoms. The minimum atomic E-state index is -0.867. The van der Waals surface area contributed by atoms with Gasteiger partial charge >= 0.3 is 0 Å². The summed E-state index contributed by atoms with van der Waals surface area (Å²) >= 11 is 0. The number of aromatic nitrogens is 2. The molecule has 21 heavy (non-hydrogen) atoms. The van der Waals surface area contributed by atoms with E-state index in [1.807, 2.05) is 24.7 Å². The largest absolute Gasteiger partial charge is 0.342 e. The van der Waals surface area contributed by atoms with Crippen molar-refractivity contribution in [2.45, 2.75) is 58.7 Å². The van der Waals surface area contributed by atoms with Crippen LogP contribution >= 0.6 is 0 Å². The molecule has 116 valence electrons. The molecule has 1 aliphatic heterocycles. The van der Waals surface area contributed by atoms with Gasteiger partial charge in [-0.05, 0) is 33.3 Å². The van der Waals surface area contributed by atoms with E-state index >= 15 is 0 Å². The number of carbonyl (C=O) groups excluding carboxylic acids is 2. The molecule has 2 rings (SSSR count). The molecular weight excluding hydrogens is 268 g/mol. The van der Waals surface area contributed by atoms with Crippen LogP contribution in [0.2, 0.25) is 0 Å². The van der Waals surface area contributed by atoms with Crippen molar-refractivity contribution in [1.82, 2.24) is 20.0 Å². The van der Waals surface area contributed by atoms with Gasteiger partial charge < -0.3 is 10.2 Å². The summed E-state index contributed by atoms with van der Waals surface area (Å²) in [5.74, 6) is -0.136. The van der Waals surface area contributed by atoms with Crippen LogP contribution in [0.15, 0.2) is 6.07 Å². The molecule has 1 aromatic rings. The van der Waals surface area contributed by atoms with E-state index in [4.69, 9.17) is 0 Å². The number of hydrogen-bond donors (Lipinski definition) is 1. The first-order valence-corrected chi connectivity index (χ1v) is 7.38. The molecule has 1 saturated heterocycles. The summed E-state index contributed by atoms with van der Waals surface area (Å²) in [4.78, 5) is 26.3. The highest BCUT2D eigenvalue weighted by molar-refractivity contribution is 5.93. The van der Waals surface area contributed by atoms with Gasteiger partial charge in [0.2, 0.25) is 11.8 Å². The van der Waals surface area contributed by atoms with Gasteiger partial charge in [-0.25, -0.2) is 0 Å². The highest BCUT2D eigenvalue weighted by Crippen LogP contribution is 2.21. The number of nitrogens with zero attached hydrogens (tertiary/aromatic N) is 3. The zero-order chi connectivity index (χ0) is 15.8. The predicted octanol–water partition coefficient (Wildman–Crippen LogP) is 0.998. The van der Waals surface area contributed by atoms with Crippen molar-refractivity contribution in [3.8, 4) is 0 Å². The van der Waals surface area contributed by atoms with Crippen LogP contribution in [0.25, 0.3) is 0 Å². The number of aryl methyl sites for hydroxylation is 2.